The summed E-state index contributed by atoms with van der Waals surface area (Å²) in [7, 11) is 1.36. The first kappa shape index (κ1) is 11.0. The Morgan fingerprint density at radius 3 is 3.07 bits per heavy atom. The summed E-state index contributed by atoms with van der Waals surface area (Å²) in [6.45, 7) is 2.84. The van der Waals surface area contributed by atoms with Crippen LogP contribution >= 0.6 is 0 Å². The maximum atomic E-state index is 10.7. The number of carbonyl (C=O) groups is 1. The molecular formula is C10H17NO3. The number of hydrogen-bond acceptors (Lipinski definition) is 4. The molecule has 0 aromatic rings. The topological polar surface area (TPSA) is 47.6 Å². The van der Waals surface area contributed by atoms with E-state index >= 15 is 0 Å². The number of carbonyl (C=O) groups excluding carboxylic acids is 1. The van der Waals surface area contributed by atoms with Crippen LogP contribution in [-0.4, -0.2) is 31.8 Å². The van der Waals surface area contributed by atoms with Gasteiger partial charge in [0.25, 0.3) is 0 Å². The highest BCUT2D eigenvalue weighted by Crippen LogP contribution is 2.12. The van der Waals surface area contributed by atoms with Gasteiger partial charge in [-0.15, -0.1) is 0 Å². The molecule has 0 spiro atoms. The molecular weight excluding hydrogens is 182 g/mol. The molecule has 1 heterocycles. The van der Waals surface area contributed by atoms with Gasteiger partial charge in [0.05, 0.1) is 13.2 Å². The third-order valence-corrected chi connectivity index (χ3v) is 2.24. The molecule has 14 heavy (non-hydrogen) atoms. The Hall–Kier alpha value is -1.03. The van der Waals surface area contributed by atoms with Gasteiger partial charge in [-0.1, -0.05) is 0 Å². The summed E-state index contributed by atoms with van der Waals surface area (Å²) in [6.07, 6.45) is 5.29. The highest BCUT2D eigenvalue weighted by atomic mass is 16.5. The summed E-state index contributed by atoms with van der Waals surface area (Å²) in [5.74, 6) is -0.336. The first-order valence-corrected chi connectivity index (χ1v) is 4.84. The van der Waals surface area contributed by atoms with Crippen molar-refractivity contribution >= 4 is 5.97 Å². The molecule has 1 aliphatic heterocycles. The zero-order valence-electron chi connectivity index (χ0n) is 8.66. The first-order valence-electron chi connectivity index (χ1n) is 4.84. The number of esters is 1. The molecule has 4 nitrogen and oxygen atoms in total. The Morgan fingerprint density at radius 1 is 1.64 bits per heavy atom. The van der Waals surface area contributed by atoms with Crippen molar-refractivity contribution in [1.29, 1.82) is 0 Å². The number of hydrogen-bond donors (Lipinski definition) is 1. The van der Waals surface area contributed by atoms with E-state index in [1.807, 2.05) is 0 Å². The zero-order chi connectivity index (χ0) is 10.4. The smallest absolute Gasteiger partial charge is 0.331 e. The lowest BCUT2D eigenvalue weighted by Gasteiger charge is -2.27. The normalized spacial score (nSPS) is 27.6. The van der Waals surface area contributed by atoms with E-state index in [0.29, 0.717) is 12.1 Å². The third-order valence-electron chi connectivity index (χ3n) is 2.24. The molecule has 0 aliphatic carbocycles. The largest absolute Gasteiger partial charge is 0.466 e. The molecule has 1 saturated heterocycles. The molecule has 2 atom stereocenters. The van der Waals surface area contributed by atoms with Gasteiger partial charge in [-0.25, -0.2) is 4.79 Å². The minimum absolute atomic E-state index is 0.299. The molecule has 2 unspecified atom stereocenters. The molecule has 0 amide bonds. The Kier molecular flexibility index (Phi) is 4.46. The quantitative estimate of drug-likeness (QED) is 0.540. The van der Waals surface area contributed by atoms with Crippen molar-refractivity contribution in [3.05, 3.63) is 12.3 Å². The van der Waals surface area contributed by atoms with Gasteiger partial charge in [-0.05, 0) is 19.8 Å². The lowest BCUT2D eigenvalue weighted by atomic mass is 10.0. The Bertz CT molecular complexity index is 215. The van der Waals surface area contributed by atoms with Crippen molar-refractivity contribution in [2.75, 3.05) is 13.7 Å². The highest BCUT2D eigenvalue weighted by molar-refractivity contribution is 5.81. The molecule has 0 bridgehead atoms. The summed E-state index contributed by atoms with van der Waals surface area (Å²) >= 11 is 0. The molecule has 4 heteroatoms. The maximum absolute atomic E-state index is 10.7. The van der Waals surface area contributed by atoms with Gasteiger partial charge in [0.2, 0.25) is 0 Å². The van der Waals surface area contributed by atoms with E-state index in [2.05, 4.69) is 17.0 Å². The summed E-state index contributed by atoms with van der Waals surface area (Å²) in [5.41, 5.74) is 0. The van der Waals surface area contributed by atoms with Crippen LogP contribution in [0, 0.1) is 0 Å². The van der Waals surface area contributed by atoms with Gasteiger partial charge < -0.3 is 14.8 Å². The molecule has 1 aliphatic rings. The van der Waals surface area contributed by atoms with Crippen LogP contribution in [0.2, 0.25) is 0 Å². The summed E-state index contributed by atoms with van der Waals surface area (Å²) in [6, 6.07) is 0.402. The monoisotopic (exact) mass is 199 g/mol. The molecule has 1 N–H and O–H groups in total. The van der Waals surface area contributed by atoms with Crippen molar-refractivity contribution in [1.82, 2.24) is 5.32 Å². The molecule has 0 saturated carbocycles. The van der Waals surface area contributed by atoms with Crippen LogP contribution in [0.15, 0.2) is 12.3 Å². The van der Waals surface area contributed by atoms with Gasteiger partial charge in [0.15, 0.2) is 0 Å². The molecule has 0 radical (unpaired) electrons. The second-order valence-electron chi connectivity index (χ2n) is 3.43. The minimum Gasteiger partial charge on any atom is -0.466 e. The SMILES string of the molecule is COC(=O)/C=C/NC1CCOC(C)C1. The van der Waals surface area contributed by atoms with Crippen molar-refractivity contribution < 1.29 is 14.3 Å². The molecule has 0 aromatic carbocycles. The van der Waals surface area contributed by atoms with Crippen molar-refractivity contribution in [3.63, 3.8) is 0 Å². The van der Waals surface area contributed by atoms with Crippen LogP contribution in [0.3, 0.4) is 0 Å². The van der Waals surface area contributed by atoms with E-state index in [9.17, 15) is 4.79 Å². The number of ether oxygens (including phenoxy) is 2. The molecule has 0 aromatic heterocycles. The lowest BCUT2D eigenvalue weighted by Crippen LogP contribution is -2.35. The second kappa shape index (κ2) is 5.65. The van der Waals surface area contributed by atoms with E-state index in [-0.39, 0.29) is 5.97 Å². The minimum atomic E-state index is -0.336. The van der Waals surface area contributed by atoms with Gasteiger partial charge in [-0.3, -0.25) is 0 Å². The van der Waals surface area contributed by atoms with Gasteiger partial charge in [-0.2, -0.15) is 0 Å². The number of rotatable bonds is 3. The maximum Gasteiger partial charge on any atom is 0.331 e. The van der Waals surface area contributed by atoms with Crippen LogP contribution in [0.25, 0.3) is 0 Å². The zero-order valence-corrected chi connectivity index (χ0v) is 8.66. The lowest BCUT2D eigenvalue weighted by molar-refractivity contribution is -0.134. The van der Waals surface area contributed by atoms with E-state index in [4.69, 9.17) is 4.74 Å². The van der Waals surface area contributed by atoms with Gasteiger partial charge >= 0.3 is 5.97 Å². The Balaban J connectivity index is 2.23. The van der Waals surface area contributed by atoms with Crippen LogP contribution in [0.1, 0.15) is 19.8 Å². The first-order chi connectivity index (χ1) is 6.72. The highest BCUT2D eigenvalue weighted by Gasteiger charge is 2.17. The summed E-state index contributed by atoms with van der Waals surface area (Å²) in [4.78, 5) is 10.7. The van der Waals surface area contributed by atoms with Crippen LogP contribution < -0.4 is 5.32 Å². The van der Waals surface area contributed by atoms with Crippen molar-refractivity contribution in [3.8, 4) is 0 Å². The van der Waals surface area contributed by atoms with Crippen molar-refractivity contribution in [2.24, 2.45) is 0 Å². The van der Waals surface area contributed by atoms with Crippen LogP contribution in [0.5, 0.6) is 0 Å². The van der Waals surface area contributed by atoms with Gasteiger partial charge in [0.1, 0.15) is 0 Å². The average Bonchev–Trinajstić information content (AvgIpc) is 2.17. The van der Waals surface area contributed by atoms with E-state index in [1.54, 1.807) is 6.20 Å². The van der Waals surface area contributed by atoms with Crippen LogP contribution in [-0.2, 0) is 14.3 Å². The van der Waals surface area contributed by atoms with Crippen LogP contribution in [0.4, 0.5) is 0 Å². The number of nitrogens with one attached hydrogen (secondary N) is 1. The molecule has 80 valence electrons. The van der Waals surface area contributed by atoms with E-state index in [1.165, 1.54) is 13.2 Å². The Labute approximate surface area is 84.3 Å². The number of methoxy groups -OCH3 is 1. The average molecular weight is 199 g/mol. The second-order valence-corrected chi connectivity index (χ2v) is 3.43. The predicted molar refractivity (Wildman–Crippen MR) is 52.7 cm³/mol. The summed E-state index contributed by atoms with van der Waals surface area (Å²) < 4.78 is 9.87. The van der Waals surface area contributed by atoms with E-state index < -0.39 is 0 Å². The van der Waals surface area contributed by atoms with Gasteiger partial charge in [0, 0.05) is 24.9 Å². The summed E-state index contributed by atoms with van der Waals surface area (Å²) in [5, 5.41) is 3.16. The fraction of sp³-hybridized carbons (Fsp3) is 0.700. The molecule has 1 rings (SSSR count). The fourth-order valence-corrected chi connectivity index (χ4v) is 1.47. The molecule has 1 fully saturated rings. The third kappa shape index (κ3) is 3.79. The van der Waals surface area contributed by atoms with E-state index in [0.717, 1.165) is 19.4 Å². The predicted octanol–water partition coefficient (Wildman–Crippen LogP) is 0.830. The fourth-order valence-electron chi connectivity index (χ4n) is 1.47. The standard InChI is InChI=1S/C10H17NO3/c1-8-7-9(4-6-14-8)11-5-3-10(12)13-2/h3,5,8-9,11H,4,6-7H2,1-2H3/b5-3+. The Morgan fingerprint density at radius 2 is 2.43 bits per heavy atom. The van der Waals surface area contributed by atoms with Crippen molar-refractivity contribution in [2.45, 2.75) is 31.9 Å².